The third kappa shape index (κ3) is 5.06. The Hall–Kier alpha value is -1.88. The van der Waals surface area contributed by atoms with Crippen molar-refractivity contribution in [2.24, 2.45) is 11.7 Å². The summed E-state index contributed by atoms with van der Waals surface area (Å²) in [5.41, 5.74) is 7.28. The number of carbonyl (C=O) groups is 2. The fourth-order valence-corrected chi connectivity index (χ4v) is 3.08. The number of benzene rings is 1. The largest absolute Gasteiger partial charge is 0.349 e. The SMILES string of the molecule is CN(C)C(=O)C1CCN(C(=O)CC(N)Cc2ccccc2)CC1. The summed E-state index contributed by atoms with van der Waals surface area (Å²) in [5.74, 6) is 0.314. The van der Waals surface area contributed by atoms with Crippen molar-refractivity contribution in [3.63, 3.8) is 0 Å². The van der Waals surface area contributed by atoms with E-state index in [4.69, 9.17) is 5.73 Å². The predicted octanol–water partition coefficient (Wildman–Crippen LogP) is 1.27. The van der Waals surface area contributed by atoms with Crippen molar-refractivity contribution in [1.29, 1.82) is 0 Å². The highest BCUT2D eigenvalue weighted by atomic mass is 16.2. The van der Waals surface area contributed by atoms with Crippen LogP contribution >= 0.6 is 0 Å². The zero-order chi connectivity index (χ0) is 16.8. The number of likely N-dealkylation sites (tertiary alicyclic amines) is 1. The molecule has 1 unspecified atom stereocenters. The van der Waals surface area contributed by atoms with Gasteiger partial charge in [-0.3, -0.25) is 9.59 Å². The first-order valence-corrected chi connectivity index (χ1v) is 8.26. The molecule has 1 heterocycles. The quantitative estimate of drug-likeness (QED) is 0.889. The summed E-state index contributed by atoms with van der Waals surface area (Å²) in [6.07, 6.45) is 2.57. The third-order valence-corrected chi connectivity index (χ3v) is 4.42. The minimum Gasteiger partial charge on any atom is -0.349 e. The monoisotopic (exact) mass is 317 g/mol. The molecule has 0 bridgehead atoms. The molecule has 5 heteroatoms. The van der Waals surface area contributed by atoms with Crippen LogP contribution in [0.25, 0.3) is 0 Å². The van der Waals surface area contributed by atoms with Crippen molar-refractivity contribution in [2.45, 2.75) is 31.7 Å². The zero-order valence-corrected chi connectivity index (χ0v) is 14.1. The summed E-state index contributed by atoms with van der Waals surface area (Å²) in [7, 11) is 3.56. The number of hydrogen-bond donors (Lipinski definition) is 1. The second kappa shape index (κ2) is 8.11. The molecule has 0 saturated carbocycles. The second-order valence-corrected chi connectivity index (χ2v) is 6.54. The fourth-order valence-electron chi connectivity index (χ4n) is 3.08. The summed E-state index contributed by atoms with van der Waals surface area (Å²) in [4.78, 5) is 27.8. The van der Waals surface area contributed by atoms with Gasteiger partial charge < -0.3 is 15.5 Å². The lowest BCUT2D eigenvalue weighted by Gasteiger charge is -2.33. The Balaban J connectivity index is 1.77. The van der Waals surface area contributed by atoms with E-state index in [9.17, 15) is 9.59 Å². The van der Waals surface area contributed by atoms with Gasteiger partial charge in [0, 0.05) is 45.6 Å². The minimum atomic E-state index is -0.161. The number of hydrogen-bond acceptors (Lipinski definition) is 3. The zero-order valence-electron chi connectivity index (χ0n) is 14.1. The lowest BCUT2D eigenvalue weighted by molar-refractivity contribution is -0.139. The van der Waals surface area contributed by atoms with Crippen LogP contribution in [0.5, 0.6) is 0 Å². The van der Waals surface area contributed by atoms with E-state index in [0.717, 1.165) is 18.4 Å². The first kappa shape index (κ1) is 17.5. The van der Waals surface area contributed by atoms with Gasteiger partial charge in [0.15, 0.2) is 0 Å². The maximum Gasteiger partial charge on any atom is 0.225 e. The average molecular weight is 317 g/mol. The van der Waals surface area contributed by atoms with Crippen LogP contribution in [0.1, 0.15) is 24.8 Å². The van der Waals surface area contributed by atoms with E-state index in [2.05, 4.69) is 0 Å². The summed E-state index contributed by atoms with van der Waals surface area (Å²) >= 11 is 0. The molecule has 1 aromatic rings. The normalized spacial score (nSPS) is 16.9. The van der Waals surface area contributed by atoms with Crippen LogP contribution in [0.4, 0.5) is 0 Å². The van der Waals surface area contributed by atoms with Crippen molar-refractivity contribution in [3.8, 4) is 0 Å². The van der Waals surface area contributed by atoms with Crippen molar-refractivity contribution in [1.82, 2.24) is 9.80 Å². The number of carbonyl (C=O) groups excluding carboxylic acids is 2. The summed E-state index contributed by atoms with van der Waals surface area (Å²) in [5, 5.41) is 0. The van der Waals surface area contributed by atoms with Crippen LogP contribution in [-0.2, 0) is 16.0 Å². The van der Waals surface area contributed by atoms with Crippen molar-refractivity contribution >= 4 is 11.8 Å². The molecule has 1 aromatic carbocycles. The molecule has 1 fully saturated rings. The second-order valence-electron chi connectivity index (χ2n) is 6.54. The van der Waals surface area contributed by atoms with Gasteiger partial charge in [-0.1, -0.05) is 30.3 Å². The van der Waals surface area contributed by atoms with Gasteiger partial charge in [0.2, 0.25) is 11.8 Å². The van der Waals surface area contributed by atoms with Gasteiger partial charge in [0.1, 0.15) is 0 Å². The smallest absolute Gasteiger partial charge is 0.225 e. The van der Waals surface area contributed by atoms with Crippen LogP contribution < -0.4 is 5.73 Å². The highest BCUT2D eigenvalue weighted by Gasteiger charge is 2.28. The first-order chi connectivity index (χ1) is 11.0. The number of piperidine rings is 1. The maximum absolute atomic E-state index is 12.4. The van der Waals surface area contributed by atoms with E-state index in [-0.39, 0.29) is 23.8 Å². The molecule has 5 nitrogen and oxygen atoms in total. The van der Waals surface area contributed by atoms with E-state index in [1.54, 1.807) is 19.0 Å². The molecule has 0 aliphatic carbocycles. The van der Waals surface area contributed by atoms with Gasteiger partial charge in [-0.2, -0.15) is 0 Å². The van der Waals surface area contributed by atoms with Crippen LogP contribution in [-0.4, -0.2) is 54.8 Å². The van der Waals surface area contributed by atoms with Gasteiger partial charge in [-0.15, -0.1) is 0 Å². The Morgan fingerprint density at radius 3 is 2.39 bits per heavy atom. The Morgan fingerprint density at radius 1 is 1.22 bits per heavy atom. The van der Waals surface area contributed by atoms with Gasteiger partial charge in [0.05, 0.1) is 0 Å². The standard InChI is InChI=1S/C18H27N3O2/c1-20(2)18(23)15-8-10-21(11-9-15)17(22)13-16(19)12-14-6-4-3-5-7-14/h3-7,15-16H,8-13,19H2,1-2H3. The fraction of sp³-hybridized carbons (Fsp3) is 0.556. The van der Waals surface area contributed by atoms with Crippen LogP contribution in [0, 0.1) is 5.92 Å². The third-order valence-electron chi connectivity index (χ3n) is 4.42. The molecular formula is C18H27N3O2. The number of nitrogens with two attached hydrogens (primary N) is 1. The van der Waals surface area contributed by atoms with Crippen molar-refractivity contribution in [3.05, 3.63) is 35.9 Å². The Kier molecular flexibility index (Phi) is 6.16. The molecule has 2 rings (SSSR count). The molecule has 0 spiro atoms. The van der Waals surface area contributed by atoms with E-state index in [1.807, 2.05) is 35.2 Å². The highest BCUT2D eigenvalue weighted by Crippen LogP contribution is 2.20. The molecular weight excluding hydrogens is 290 g/mol. The van der Waals surface area contributed by atoms with Gasteiger partial charge in [-0.25, -0.2) is 0 Å². The Labute approximate surface area is 138 Å². The van der Waals surface area contributed by atoms with E-state index in [1.165, 1.54) is 0 Å². The lowest BCUT2D eigenvalue weighted by Crippen LogP contribution is -2.44. The van der Waals surface area contributed by atoms with Crippen LogP contribution in [0.2, 0.25) is 0 Å². The summed E-state index contributed by atoms with van der Waals surface area (Å²) in [6.45, 7) is 1.31. The van der Waals surface area contributed by atoms with E-state index in [0.29, 0.717) is 25.9 Å². The van der Waals surface area contributed by atoms with E-state index < -0.39 is 0 Å². The van der Waals surface area contributed by atoms with Gasteiger partial charge in [-0.05, 0) is 24.8 Å². The predicted molar refractivity (Wildman–Crippen MR) is 90.7 cm³/mol. The highest BCUT2D eigenvalue weighted by molar-refractivity contribution is 5.80. The Bertz CT molecular complexity index is 522. The topological polar surface area (TPSA) is 66.6 Å². The van der Waals surface area contributed by atoms with Crippen LogP contribution in [0.15, 0.2) is 30.3 Å². The molecule has 1 saturated heterocycles. The maximum atomic E-state index is 12.4. The van der Waals surface area contributed by atoms with Crippen molar-refractivity contribution < 1.29 is 9.59 Å². The minimum absolute atomic E-state index is 0.0482. The average Bonchev–Trinajstić information content (AvgIpc) is 2.55. The van der Waals surface area contributed by atoms with Crippen LogP contribution in [0.3, 0.4) is 0 Å². The molecule has 1 aliphatic heterocycles. The molecule has 0 aromatic heterocycles. The lowest BCUT2D eigenvalue weighted by atomic mass is 9.95. The summed E-state index contributed by atoms with van der Waals surface area (Å²) < 4.78 is 0. The molecule has 126 valence electrons. The first-order valence-electron chi connectivity index (χ1n) is 8.26. The van der Waals surface area contributed by atoms with Crippen molar-refractivity contribution in [2.75, 3.05) is 27.2 Å². The molecule has 2 N–H and O–H groups in total. The molecule has 23 heavy (non-hydrogen) atoms. The molecule has 2 amide bonds. The Morgan fingerprint density at radius 2 is 1.83 bits per heavy atom. The molecule has 1 aliphatic rings. The van der Waals surface area contributed by atoms with E-state index >= 15 is 0 Å². The molecule has 1 atom stereocenters. The van der Waals surface area contributed by atoms with Gasteiger partial charge in [0.25, 0.3) is 0 Å². The molecule has 0 radical (unpaired) electrons. The number of nitrogens with zero attached hydrogens (tertiary/aromatic N) is 2. The van der Waals surface area contributed by atoms with Gasteiger partial charge >= 0.3 is 0 Å². The number of amides is 2. The number of rotatable bonds is 5. The summed E-state index contributed by atoms with van der Waals surface area (Å²) in [6, 6.07) is 9.84.